The number of hydrogen-bond donors (Lipinski definition) is 1. The van der Waals surface area contributed by atoms with E-state index in [-0.39, 0.29) is 17.9 Å². The van der Waals surface area contributed by atoms with Crippen LogP contribution in [0.25, 0.3) is 0 Å². The third-order valence-corrected chi connectivity index (χ3v) is 2.43. The maximum Gasteiger partial charge on any atom is 0.267 e. The van der Waals surface area contributed by atoms with Crippen molar-refractivity contribution in [1.29, 1.82) is 0 Å². The smallest absolute Gasteiger partial charge is 0.267 e. The average molecular weight is 284 g/mol. The number of aliphatic imine (C=N–C) groups is 1. The minimum Gasteiger partial charge on any atom is -0.314 e. The third kappa shape index (κ3) is 3.87. The van der Waals surface area contributed by atoms with Gasteiger partial charge in [0.25, 0.3) is 5.91 Å². The zero-order chi connectivity index (χ0) is 15.1. The topological polar surface area (TPSA) is 84.3 Å². The highest BCUT2D eigenvalue weighted by molar-refractivity contribution is 6.07. The summed E-state index contributed by atoms with van der Waals surface area (Å²) in [6.07, 6.45) is -0.0576. The molecule has 1 heterocycles. The number of hydrogen-bond acceptors (Lipinski definition) is 5. The summed E-state index contributed by atoms with van der Waals surface area (Å²) in [7, 11) is 0. The molecule has 1 atom stereocenters. The quantitative estimate of drug-likeness (QED) is 0.484. The lowest BCUT2D eigenvalue weighted by Crippen LogP contribution is -2.35. The average Bonchev–Trinajstić information content (AvgIpc) is 2.47. The van der Waals surface area contributed by atoms with Crippen molar-refractivity contribution in [3.63, 3.8) is 0 Å². The second-order valence-electron chi connectivity index (χ2n) is 3.76. The van der Waals surface area contributed by atoms with Crippen LogP contribution in [0.2, 0.25) is 0 Å². The number of nitrogens with one attached hydrogen (secondary N) is 1. The van der Waals surface area contributed by atoms with E-state index in [0.717, 1.165) is 12.7 Å². The zero-order valence-electron chi connectivity index (χ0n) is 11.1. The van der Waals surface area contributed by atoms with Crippen LogP contribution in [0.5, 0.6) is 0 Å². The van der Waals surface area contributed by atoms with E-state index in [1.165, 1.54) is 6.92 Å². The Morgan fingerprint density at radius 3 is 2.75 bits per heavy atom. The van der Waals surface area contributed by atoms with E-state index in [9.17, 15) is 18.4 Å². The number of carbonyl (C=O) groups is 2. The van der Waals surface area contributed by atoms with Gasteiger partial charge in [0.1, 0.15) is 6.33 Å². The summed E-state index contributed by atoms with van der Waals surface area (Å²) in [4.78, 5) is 33.0. The molecule has 0 spiro atoms. The highest BCUT2D eigenvalue weighted by Gasteiger charge is 2.23. The second-order valence-corrected chi connectivity index (χ2v) is 3.76. The number of rotatable bonds is 6. The van der Waals surface area contributed by atoms with Crippen molar-refractivity contribution in [3.05, 3.63) is 17.8 Å². The summed E-state index contributed by atoms with van der Waals surface area (Å²) >= 11 is 0. The Morgan fingerprint density at radius 1 is 1.45 bits per heavy atom. The first-order chi connectivity index (χ1) is 9.51. The monoisotopic (exact) mass is 284 g/mol. The molecule has 108 valence electrons. The minimum atomic E-state index is -2.26. The zero-order valence-corrected chi connectivity index (χ0v) is 11.1. The van der Waals surface area contributed by atoms with Crippen molar-refractivity contribution in [3.8, 4) is 0 Å². The molecule has 0 saturated carbocycles. The van der Waals surface area contributed by atoms with Crippen LogP contribution in [0.3, 0.4) is 0 Å². The summed E-state index contributed by atoms with van der Waals surface area (Å²) < 4.78 is 26.9. The Kier molecular flexibility index (Phi) is 5.82. The fourth-order valence-electron chi connectivity index (χ4n) is 1.29. The molecule has 0 fully saturated rings. The van der Waals surface area contributed by atoms with Crippen molar-refractivity contribution in [2.45, 2.75) is 32.9 Å². The standard InChI is InChI=1S/C12H14F2N4O2/c1-3-7-9(13)11(16-5-15-7)17-6-18-12(20)10(14)8(19)4-2/h5-6,10H,3-4H2,1-2H3,(H,15,16,17,18,20). The molecule has 0 aliphatic carbocycles. The van der Waals surface area contributed by atoms with Gasteiger partial charge in [-0.2, -0.15) is 0 Å². The molecule has 0 aromatic carbocycles. The van der Waals surface area contributed by atoms with Gasteiger partial charge in [-0.15, -0.1) is 0 Å². The number of aromatic nitrogens is 2. The number of carbonyl (C=O) groups excluding carboxylic acids is 2. The summed E-state index contributed by atoms with van der Waals surface area (Å²) in [5.74, 6) is -2.96. The van der Waals surface area contributed by atoms with E-state index in [0.29, 0.717) is 6.42 Å². The van der Waals surface area contributed by atoms with Gasteiger partial charge in [0.2, 0.25) is 6.17 Å². The maximum absolute atomic E-state index is 13.7. The first-order valence-electron chi connectivity index (χ1n) is 6.00. The number of halogens is 2. The molecule has 0 saturated heterocycles. The molecule has 1 aromatic heterocycles. The molecule has 6 nitrogen and oxygen atoms in total. The molecule has 0 aliphatic heterocycles. The summed E-state index contributed by atoms with van der Waals surface area (Å²) in [5, 5.41) is 1.96. The minimum absolute atomic E-state index is 0.0911. The van der Waals surface area contributed by atoms with E-state index in [4.69, 9.17) is 0 Å². The summed E-state index contributed by atoms with van der Waals surface area (Å²) in [6, 6.07) is 0. The Morgan fingerprint density at radius 2 is 2.15 bits per heavy atom. The number of nitrogens with zero attached hydrogens (tertiary/aromatic N) is 3. The van der Waals surface area contributed by atoms with Crippen molar-refractivity contribution in [1.82, 2.24) is 15.3 Å². The molecule has 8 heteroatoms. The second kappa shape index (κ2) is 7.37. The molecule has 1 amide bonds. The highest BCUT2D eigenvalue weighted by atomic mass is 19.1. The van der Waals surface area contributed by atoms with E-state index in [2.05, 4.69) is 15.0 Å². The van der Waals surface area contributed by atoms with Gasteiger partial charge in [0, 0.05) is 6.42 Å². The van der Waals surface area contributed by atoms with E-state index >= 15 is 0 Å². The molecular formula is C12H14F2N4O2. The van der Waals surface area contributed by atoms with Gasteiger partial charge in [-0.3, -0.25) is 9.59 Å². The van der Waals surface area contributed by atoms with Crippen LogP contribution in [0.15, 0.2) is 11.3 Å². The fraction of sp³-hybridized carbons (Fsp3) is 0.417. The van der Waals surface area contributed by atoms with Crippen molar-refractivity contribution in [2.75, 3.05) is 0 Å². The summed E-state index contributed by atoms with van der Waals surface area (Å²) in [5.41, 5.74) is 0.183. The first kappa shape index (κ1) is 15.8. The molecule has 1 unspecified atom stereocenters. The van der Waals surface area contributed by atoms with Crippen molar-refractivity contribution < 1.29 is 18.4 Å². The predicted molar refractivity (Wildman–Crippen MR) is 67.9 cm³/mol. The van der Waals surface area contributed by atoms with Gasteiger partial charge < -0.3 is 5.32 Å². The molecule has 1 rings (SSSR count). The largest absolute Gasteiger partial charge is 0.314 e. The van der Waals surface area contributed by atoms with Crippen molar-refractivity contribution >= 4 is 23.8 Å². The molecule has 20 heavy (non-hydrogen) atoms. The van der Waals surface area contributed by atoms with Crippen LogP contribution in [-0.2, 0) is 16.0 Å². The number of alkyl halides is 1. The third-order valence-electron chi connectivity index (χ3n) is 2.43. The number of Topliss-reactive ketones (excluding diaryl/α,β-unsaturated/α-hetero) is 1. The van der Waals surface area contributed by atoms with E-state index in [1.807, 2.05) is 5.32 Å². The Bertz CT molecular complexity index is 534. The lowest BCUT2D eigenvalue weighted by atomic mass is 10.2. The van der Waals surface area contributed by atoms with Crippen LogP contribution in [0.4, 0.5) is 14.6 Å². The Balaban J connectivity index is 2.70. The molecule has 0 radical (unpaired) electrons. The molecule has 1 N–H and O–H groups in total. The van der Waals surface area contributed by atoms with Crippen LogP contribution in [-0.4, -0.2) is 34.2 Å². The summed E-state index contributed by atoms with van der Waals surface area (Å²) in [6.45, 7) is 3.16. The van der Waals surface area contributed by atoms with Crippen LogP contribution in [0.1, 0.15) is 26.0 Å². The lowest BCUT2D eigenvalue weighted by molar-refractivity contribution is -0.134. The van der Waals surface area contributed by atoms with Gasteiger partial charge in [0.05, 0.1) is 12.0 Å². The van der Waals surface area contributed by atoms with Gasteiger partial charge in [-0.05, 0) is 6.42 Å². The molecule has 1 aromatic rings. The van der Waals surface area contributed by atoms with Crippen LogP contribution < -0.4 is 5.32 Å². The maximum atomic E-state index is 13.7. The van der Waals surface area contributed by atoms with E-state index < -0.39 is 23.7 Å². The van der Waals surface area contributed by atoms with Gasteiger partial charge >= 0.3 is 0 Å². The molecule has 0 aliphatic rings. The Labute approximate surface area is 114 Å². The van der Waals surface area contributed by atoms with Gasteiger partial charge in [-0.1, -0.05) is 13.8 Å². The SMILES string of the molecule is CCC(=O)C(F)C(=O)NC=Nc1ncnc(CC)c1F. The number of amides is 1. The van der Waals surface area contributed by atoms with Crippen LogP contribution in [0, 0.1) is 5.82 Å². The first-order valence-corrected chi connectivity index (χ1v) is 6.00. The molecular weight excluding hydrogens is 270 g/mol. The van der Waals surface area contributed by atoms with Gasteiger partial charge in [-0.25, -0.2) is 23.7 Å². The lowest BCUT2D eigenvalue weighted by Gasteiger charge is -2.03. The molecule has 0 bridgehead atoms. The van der Waals surface area contributed by atoms with Crippen LogP contribution >= 0.6 is 0 Å². The number of ketones is 1. The normalized spacial score (nSPS) is 12.4. The van der Waals surface area contributed by atoms with Crippen molar-refractivity contribution in [2.24, 2.45) is 4.99 Å². The fourth-order valence-corrected chi connectivity index (χ4v) is 1.29. The predicted octanol–water partition coefficient (Wildman–Crippen LogP) is 1.27. The van der Waals surface area contributed by atoms with Gasteiger partial charge in [0.15, 0.2) is 17.4 Å². The number of aryl methyl sites for hydroxylation is 1. The Hall–Kier alpha value is -2.25. The highest BCUT2D eigenvalue weighted by Crippen LogP contribution is 2.15. The van der Waals surface area contributed by atoms with E-state index in [1.54, 1.807) is 6.92 Å².